The molecule has 0 atom stereocenters. The highest BCUT2D eigenvalue weighted by Crippen LogP contribution is 2.34. The van der Waals surface area contributed by atoms with Crippen LogP contribution in [-0.2, 0) is 0 Å². The molecule has 0 saturated heterocycles. The maximum Gasteiger partial charge on any atom is 0.336 e. The Morgan fingerprint density at radius 3 is 2.44 bits per heavy atom. The smallest absolute Gasteiger partial charge is 0.336 e. The number of rotatable bonds is 3. The molecular formula is C14H13NO2S. The van der Waals surface area contributed by atoms with E-state index in [1.165, 1.54) is 17.3 Å². The molecule has 2 aromatic carbocycles. The first-order chi connectivity index (χ1) is 8.58. The number of anilines is 1. The Hall–Kier alpha value is -1.94. The zero-order valence-corrected chi connectivity index (χ0v) is 10.7. The number of carboxylic acid groups (broad SMARTS) is 1. The molecule has 0 unspecified atom stereocenters. The predicted octanol–water partition coefficient (Wildman–Crippen LogP) is 3.43. The van der Waals surface area contributed by atoms with Crippen LogP contribution in [-0.4, -0.2) is 11.1 Å². The standard InChI is InChI=1S/C14H13NO2S/c1-9-5-7-10(8-6-9)18-13-11(14(16)17)3-2-4-12(13)15/h2-8H,15H2,1H3,(H,16,17). The lowest BCUT2D eigenvalue weighted by molar-refractivity contribution is 0.0693. The summed E-state index contributed by atoms with van der Waals surface area (Å²) >= 11 is 1.37. The van der Waals surface area contributed by atoms with E-state index >= 15 is 0 Å². The van der Waals surface area contributed by atoms with Gasteiger partial charge in [-0.1, -0.05) is 35.5 Å². The Bertz CT molecular complexity index is 579. The molecule has 2 aromatic rings. The van der Waals surface area contributed by atoms with Crippen molar-refractivity contribution in [2.75, 3.05) is 5.73 Å². The van der Waals surface area contributed by atoms with E-state index in [-0.39, 0.29) is 5.56 Å². The number of carbonyl (C=O) groups is 1. The normalized spacial score (nSPS) is 10.3. The topological polar surface area (TPSA) is 63.3 Å². The Kier molecular flexibility index (Phi) is 3.58. The van der Waals surface area contributed by atoms with Crippen LogP contribution < -0.4 is 5.73 Å². The molecule has 0 aliphatic rings. The van der Waals surface area contributed by atoms with Gasteiger partial charge in [-0.05, 0) is 31.2 Å². The maximum absolute atomic E-state index is 11.1. The molecular weight excluding hydrogens is 246 g/mol. The Labute approximate surface area is 110 Å². The predicted molar refractivity (Wildman–Crippen MR) is 73.1 cm³/mol. The van der Waals surface area contributed by atoms with Crippen LogP contribution in [0.15, 0.2) is 52.3 Å². The third-order valence-corrected chi connectivity index (χ3v) is 3.68. The van der Waals surface area contributed by atoms with Crippen LogP contribution in [0.25, 0.3) is 0 Å². The zero-order valence-electron chi connectivity index (χ0n) is 9.88. The minimum absolute atomic E-state index is 0.237. The number of nitrogen functional groups attached to an aromatic ring is 1. The quantitative estimate of drug-likeness (QED) is 0.829. The second-order valence-electron chi connectivity index (χ2n) is 3.94. The van der Waals surface area contributed by atoms with Gasteiger partial charge in [0, 0.05) is 15.5 Å². The van der Waals surface area contributed by atoms with Gasteiger partial charge in [-0.3, -0.25) is 0 Å². The maximum atomic E-state index is 11.1. The molecule has 0 aromatic heterocycles. The van der Waals surface area contributed by atoms with Crippen LogP contribution in [0, 0.1) is 6.92 Å². The molecule has 0 saturated carbocycles. The SMILES string of the molecule is Cc1ccc(Sc2c(N)cccc2C(=O)O)cc1. The summed E-state index contributed by atoms with van der Waals surface area (Å²) in [6.45, 7) is 2.01. The van der Waals surface area contributed by atoms with Crippen molar-refractivity contribution in [1.29, 1.82) is 0 Å². The van der Waals surface area contributed by atoms with E-state index in [1.54, 1.807) is 18.2 Å². The van der Waals surface area contributed by atoms with Gasteiger partial charge in [0.05, 0.1) is 5.56 Å². The lowest BCUT2D eigenvalue weighted by Crippen LogP contribution is -2.01. The molecule has 3 nitrogen and oxygen atoms in total. The van der Waals surface area contributed by atoms with E-state index < -0.39 is 5.97 Å². The number of hydrogen-bond acceptors (Lipinski definition) is 3. The average Bonchev–Trinajstić information content (AvgIpc) is 2.34. The highest BCUT2D eigenvalue weighted by atomic mass is 32.2. The number of hydrogen-bond donors (Lipinski definition) is 2. The monoisotopic (exact) mass is 259 g/mol. The first kappa shape index (κ1) is 12.5. The van der Waals surface area contributed by atoms with E-state index in [4.69, 9.17) is 10.8 Å². The van der Waals surface area contributed by atoms with E-state index in [0.717, 1.165) is 4.90 Å². The lowest BCUT2D eigenvalue weighted by Gasteiger charge is -2.09. The van der Waals surface area contributed by atoms with E-state index in [0.29, 0.717) is 10.6 Å². The number of nitrogens with two attached hydrogens (primary N) is 1. The summed E-state index contributed by atoms with van der Waals surface area (Å²) in [5, 5.41) is 9.14. The Balaban J connectivity index is 2.39. The van der Waals surface area contributed by atoms with Gasteiger partial charge in [-0.15, -0.1) is 0 Å². The minimum atomic E-state index is -0.961. The highest BCUT2D eigenvalue weighted by molar-refractivity contribution is 7.99. The minimum Gasteiger partial charge on any atom is -0.478 e. The van der Waals surface area contributed by atoms with E-state index in [2.05, 4.69) is 0 Å². The van der Waals surface area contributed by atoms with Crippen LogP contribution in [0.4, 0.5) is 5.69 Å². The van der Waals surface area contributed by atoms with Crippen LogP contribution in [0.1, 0.15) is 15.9 Å². The molecule has 18 heavy (non-hydrogen) atoms. The summed E-state index contributed by atoms with van der Waals surface area (Å²) in [5.74, 6) is -0.961. The van der Waals surface area contributed by atoms with Crippen LogP contribution in [0.5, 0.6) is 0 Å². The molecule has 0 radical (unpaired) electrons. The molecule has 0 aliphatic heterocycles. The first-order valence-corrected chi connectivity index (χ1v) is 6.26. The van der Waals surface area contributed by atoms with Gasteiger partial charge in [0.2, 0.25) is 0 Å². The molecule has 92 valence electrons. The third-order valence-electron chi connectivity index (χ3n) is 2.52. The van der Waals surface area contributed by atoms with Crippen molar-refractivity contribution in [3.63, 3.8) is 0 Å². The molecule has 0 aliphatic carbocycles. The highest BCUT2D eigenvalue weighted by Gasteiger charge is 2.13. The number of carboxylic acids is 1. The first-order valence-electron chi connectivity index (χ1n) is 5.44. The summed E-state index contributed by atoms with van der Waals surface area (Å²) in [5.41, 5.74) is 7.74. The fourth-order valence-electron chi connectivity index (χ4n) is 1.56. The molecule has 0 fully saturated rings. The second-order valence-corrected chi connectivity index (χ2v) is 5.03. The average molecular weight is 259 g/mol. The van der Waals surface area contributed by atoms with Crippen molar-refractivity contribution in [2.24, 2.45) is 0 Å². The largest absolute Gasteiger partial charge is 0.478 e. The van der Waals surface area contributed by atoms with Crippen molar-refractivity contribution in [2.45, 2.75) is 16.7 Å². The molecule has 0 heterocycles. The van der Waals surface area contributed by atoms with E-state index in [1.807, 2.05) is 31.2 Å². The molecule has 0 spiro atoms. The Morgan fingerprint density at radius 2 is 1.83 bits per heavy atom. The molecule has 2 rings (SSSR count). The van der Waals surface area contributed by atoms with Gasteiger partial charge in [-0.2, -0.15) is 0 Å². The molecule has 0 bridgehead atoms. The summed E-state index contributed by atoms with van der Waals surface area (Å²) < 4.78 is 0. The zero-order chi connectivity index (χ0) is 13.1. The van der Waals surface area contributed by atoms with Gasteiger partial charge < -0.3 is 10.8 Å². The van der Waals surface area contributed by atoms with Crippen LogP contribution >= 0.6 is 11.8 Å². The van der Waals surface area contributed by atoms with Crippen molar-refractivity contribution < 1.29 is 9.90 Å². The Morgan fingerprint density at radius 1 is 1.17 bits per heavy atom. The van der Waals surface area contributed by atoms with Gasteiger partial charge in [0.25, 0.3) is 0 Å². The van der Waals surface area contributed by atoms with E-state index in [9.17, 15) is 4.79 Å². The van der Waals surface area contributed by atoms with Crippen molar-refractivity contribution in [1.82, 2.24) is 0 Å². The van der Waals surface area contributed by atoms with Crippen molar-refractivity contribution >= 4 is 23.4 Å². The third kappa shape index (κ3) is 2.65. The lowest BCUT2D eigenvalue weighted by atomic mass is 10.2. The van der Waals surface area contributed by atoms with Gasteiger partial charge >= 0.3 is 5.97 Å². The van der Waals surface area contributed by atoms with Gasteiger partial charge in [0.15, 0.2) is 0 Å². The number of benzene rings is 2. The molecule has 4 heteroatoms. The summed E-state index contributed by atoms with van der Waals surface area (Å²) in [4.78, 5) is 12.7. The van der Waals surface area contributed by atoms with Crippen LogP contribution in [0.3, 0.4) is 0 Å². The fraction of sp³-hybridized carbons (Fsp3) is 0.0714. The number of aromatic carboxylic acids is 1. The molecule has 0 amide bonds. The summed E-state index contributed by atoms with van der Waals surface area (Å²) in [7, 11) is 0. The fourth-order valence-corrected chi connectivity index (χ4v) is 2.52. The second kappa shape index (κ2) is 5.14. The van der Waals surface area contributed by atoms with Gasteiger partial charge in [-0.25, -0.2) is 4.79 Å². The molecule has 3 N–H and O–H groups in total. The number of aryl methyl sites for hydroxylation is 1. The van der Waals surface area contributed by atoms with Crippen molar-refractivity contribution in [3.05, 3.63) is 53.6 Å². The summed E-state index contributed by atoms with van der Waals surface area (Å²) in [6, 6.07) is 12.8. The van der Waals surface area contributed by atoms with Crippen LogP contribution in [0.2, 0.25) is 0 Å². The van der Waals surface area contributed by atoms with Gasteiger partial charge in [0.1, 0.15) is 0 Å². The van der Waals surface area contributed by atoms with Crippen molar-refractivity contribution in [3.8, 4) is 0 Å². The summed E-state index contributed by atoms with van der Waals surface area (Å²) in [6.07, 6.45) is 0.